The van der Waals surface area contributed by atoms with E-state index in [1.165, 1.54) is 12.1 Å². The summed E-state index contributed by atoms with van der Waals surface area (Å²) in [5.41, 5.74) is 1.29. The van der Waals surface area contributed by atoms with Gasteiger partial charge < -0.3 is 14.7 Å². The molecule has 1 aromatic carbocycles. The Balaban J connectivity index is 1.88. The van der Waals surface area contributed by atoms with Crippen LogP contribution in [-0.2, 0) is 0 Å². The second-order valence-corrected chi connectivity index (χ2v) is 6.73. The molecule has 0 bridgehead atoms. The van der Waals surface area contributed by atoms with E-state index in [0.29, 0.717) is 18.7 Å². The highest BCUT2D eigenvalue weighted by molar-refractivity contribution is 6.00. The molecule has 0 unspecified atom stereocenters. The molecule has 0 N–H and O–H groups in total. The van der Waals surface area contributed by atoms with Crippen LogP contribution in [0.1, 0.15) is 36.5 Å². The van der Waals surface area contributed by atoms with Crippen molar-refractivity contribution in [1.29, 1.82) is 0 Å². The lowest BCUT2D eigenvalue weighted by Crippen LogP contribution is -2.36. The summed E-state index contributed by atoms with van der Waals surface area (Å²) >= 11 is 0. The van der Waals surface area contributed by atoms with Crippen LogP contribution < -0.4 is 4.90 Å². The highest BCUT2D eigenvalue weighted by Gasteiger charge is 2.26. The smallest absolute Gasteiger partial charge is 0.270 e. The topological polar surface area (TPSA) is 69.9 Å². The SMILES string of the molecule is CCN1CCCN(C(=O)c2cc([N+](=O)[O-])ccc2N2CCCC2)CC1. The Hall–Kier alpha value is -2.15. The van der Waals surface area contributed by atoms with Gasteiger partial charge in [-0.3, -0.25) is 14.9 Å². The molecule has 136 valence electrons. The first-order chi connectivity index (χ1) is 12.1. The Labute approximate surface area is 148 Å². The van der Waals surface area contributed by atoms with Crippen LogP contribution in [0.3, 0.4) is 0 Å². The van der Waals surface area contributed by atoms with Gasteiger partial charge in [0.25, 0.3) is 11.6 Å². The van der Waals surface area contributed by atoms with Gasteiger partial charge in [0.15, 0.2) is 0 Å². The standard InChI is InChI=1S/C18H26N4O3/c1-2-19-8-5-11-21(13-12-19)18(23)16-14-15(22(24)25)6-7-17(16)20-9-3-4-10-20/h6-7,14H,2-5,8-13H2,1H3. The van der Waals surface area contributed by atoms with Gasteiger partial charge in [-0.15, -0.1) is 0 Å². The molecule has 0 radical (unpaired) electrons. The maximum Gasteiger partial charge on any atom is 0.270 e. The molecule has 0 saturated carbocycles. The average Bonchev–Trinajstić information content (AvgIpc) is 3.05. The van der Waals surface area contributed by atoms with E-state index < -0.39 is 4.92 Å². The molecule has 2 saturated heterocycles. The van der Waals surface area contributed by atoms with Crippen molar-refractivity contribution in [3.63, 3.8) is 0 Å². The van der Waals surface area contributed by atoms with Crippen LogP contribution in [-0.4, -0.2) is 66.4 Å². The largest absolute Gasteiger partial charge is 0.371 e. The number of non-ortho nitro benzene ring substituents is 1. The molecule has 0 atom stereocenters. The van der Waals surface area contributed by atoms with E-state index in [1.54, 1.807) is 6.07 Å². The van der Waals surface area contributed by atoms with Crippen molar-refractivity contribution < 1.29 is 9.72 Å². The van der Waals surface area contributed by atoms with Crippen LogP contribution in [0.15, 0.2) is 18.2 Å². The molecule has 7 nitrogen and oxygen atoms in total. The molecular weight excluding hydrogens is 320 g/mol. The predicted molar refractivity (Wildman–Crippen MR) is 97.2 cm³/mol. The highest BCUT2D eigenvalue weighted by atomic mass is 16.6. The number of nitro groups is 1. The monoisotopic (exact) mass is 346 g/mol. The summed E-state index contributed by atoms with van der Waals surface area (Å²) < 4.78 is 0. The van der Waals surface area contributed by atoms with E-state index in [9.17, 15) is 14.9 Å². The van der Waals surface area contributed by atoms with E-state index in [-0.39, 0.29) is 11.6 Å². The van der Waals surface area contributed by atoms with Gasteiger partial charge in [0.2, 0.25) is 0 Å². The lowest BCUT2D eigenvalue weighted by atomic mass is 10.1. The second-order valence-electron chi connectivity index (χ2n) is 6.73. The minimum Gasteiger partial charge on any atom is -0.371 e. The van der Waals surface area contributed by atoms with Gasteiger partial charge in [0, 0.05) is 44.9 Å². The zero-order valence-corrected chi connectivity index (χ0v) is 14.8. The minimum absolute atomic E-state index is 0.0173. The van der Waals surface area contributed by atoms with Gasteiger partial charge >= 0.3 is 0 Å². The van der Waals surface area contributed by atoms with Crippen molar-refractivity contribution in [2.45, 2.75) is 26.2 Å². The molecule has 1 amide bonds. The molecule has 7 heteroatoms. The van der Waals surface area contributed by atoms with Crippen molar-refractivity contribution in [1.82, 2.24) is 9.80 Å². The van der Waals surface area contributed by atoms with E-state index in [2.05, 4.69) is 16.7 Å². The van der Waals surface area contributed by atoms with Crippen LogP contribution in [0.2, 0.25) is 0 Å². The van der Waals surface area contributed by atoms with E-state index in [4.69, 9.17) is 0 Å². The first-order valence-electron chi connectivity index (χ1n) is 9.15. The Morgan fingerprint density at radius 3 is 2.52 bits per heavy atom. The zero-order valence-electron chi connectivity index (χ0n) is 14.8. The van der Waals surface area contributed by atoms with Crippen molar-refractivity contribution in [2.24, 2.45) is 0 Å². The first kappa shape index (κ1) is 17.7. The molecule has 0 aliphatic carbocycles. The summed E-state index contributed by atoms with van der Waals surface area (Å²) in [5, 5.41) is 11.2. The number of rotatable bonds is 4. The average molecular weight is 346 g/mol. The van der Waals surface area contributed by atoms with Gasteiger partial charge in [0.1, 0.15) is 0 Å². The van der Waals surface area contributed by atoms with E-state index in [0.717, 1.165) is 57.7 Å². The van der Waals surface area contributed by atoms with Crippen LogP contribution in [0.5, 0.6) is 0 Å². The van der Waals surface area contributed by atoms with Crippen molar-refractivity contribution in [3.05, 3.63) is 33.9 Å². The van der Waals surface area contributed by atoms with E-state index in [1.807, 2.05) is 4.90 Å². The molecule has 2 fully saturated rings. The number of anilines is 1. The molecule has 0 spiro atoms. The number of carbonyl (C=O) groups excluding carboxylic acids is 1. The lowest BCUT2D eigenvalue weighted by Gasteiger charge is -2.25. The first-order valence-corrected chi connectivity index (χ1v) is 9.15. The van der Waals surface area contributed by atoms with Gasteiger partial charge in [-0.1, -0.05) is 6.92 Å². The maximum atomic E-state index is 13.2. The lowest BCUT2D eigenvalue weighted by molar-refractivity contribution is -0.384. The summed E-state index contributed by atoms with van der Waals surface area (Å²) in [6.07, 6.45) is 3.13. The number of amides is 1. The van der Waals surface area contributed by atoms with Crippen molar-refractivity contribution >= 4 is 17.3 Å². The van der Waals surface area contributed by atoms with Gasteiger partial charge in [-0.25, -0.2) is 0 Å². The fourth-order valence-corrected chi connectivity index (χ4v) is 3.70. The third kappa shape index (κ3) is 3.92. The Bertz CT molecular complexity index is 643. The number of nitro benzene ring substituents is 1. The maximum absolute atomic E-state index is 13.2. The van der Waals surface area contributed by atoms with Crippen LogP contribution >= 0.6 is 0 Å². The van der Waals surface area contributed by atoms with Crippen LogP contribution in [0, 0.1) is 10.1 Å². The third-order valence-corrected chi connectivity index (χ3v) is 5.19. The molecular formula is C18H26N4O3. The van der Waals surface area contributed by atoms with Crippen molar-refractivity contribution in [2.75, 3.05) is 50.7 Å². The Morgan fingerprint density at radius 2 is 1.84 bits per heavy atom. The minimum atomic E-state index is -0.425. The number of hydrogen-bond acceptors (Lipinski definition) is 5. The van der Waals surface area contributed by atoms with Gasteiger partial charge in [-0.05, 0) is 38.4 Å². The van der Waals surface area contributed by atoms with Crippen LogP contribution in [0.4, 0.5) is 11.4 Å². The summed E-state index contributed by atoms with van der Waals surface area (Å²) in [6.45, 7) is 8.15. The van der Waals surface area contributed by atoms with Gasteiger partial charge in [0.05, 0.1) is 16.2 Å². The second kappa shape index (κ2) is 7.82. The molecule has 0 aromatic heterocycles. The number of hydrogen-bond donors (Lipinski definition) is 0. The van der Waals surface area contributed by atoms with Crippen molar-refractivity contribution in [3.8, 4) is 0 Å². The summed E-state index contributed by atoms with van der Waals surface area (Å²) in [6, 6.07) is 4.71. The fourth-order valence-electron chi connectivity index (χ4n) is 3.70. The summed E-state index contributed by atoms with van der Waals surface area (Å²) in [7, 11) is 0. The fraction of sp³-hybridized carbons (Fsp3) is 0.611. The normalized spacial score (nSPS) is 19.1. The molecule has 25 heavy (non-hydrogen) atoms. The quantitative estimate of drug-likeness (QED) is 0.618. The number of likely N-dealkylation sites (N-methyl/N-ethyl adjacent to an activating group) is 1. The third-order valence-electron chi connectivity index (χ3n) is 5.19. The number of nitrogens with zero attached hydrogens (tertiary/aromatic N) is 4. The Morgan fingerprint density at radius 1 is 1.08 bits per heavy atom. The summed E-state index contributed by atoms with van der Waals surface area (Å²) in [5.74, 6) is -0.0800. The molecule has 3 rings (SSSR count). The highest BCUT2D eigenvalue weighted by Crippen LogP contribution is 2.29. The van der Waals surface area contributed by atoms with Crippen LogP contribution in [0.25, 0.3) is 0 Å². The van der Waals surface area contributed by atoms with E-state index >= 15 is 0 Å². The summed E-state index contributed by atoms with van der Waals surface area (Å²) in [4.78, 5) is 30.3. The van der Waals surface area contributed by atoms with Gasteiger partial charge in [-0.2, -0.15) is 0 Å². The molecule has 1 aromatic rings. The molecule has 2 heterocycles. The molecule has 2 aliphatic rings. The number of carbonyl (C=O) groups is 1. The zero-order chi connectivity index (χ0) is 17.8. The number of benzene rings is 1. The Kier molecular flexibility index (Phi) is 5.53. The molecule has 2 aliphatic heterocycles. The predicted octanol–water partition coefficient (Wildman–Crippen LogP) is 2.36.